The lowest BCUT2D eigenvalue weighted by Gasteiger charge is -2.11. The standard InChI is InChI=1S/C9H9N3O6S/c1-2-3-5(8(14)15)12-19(17,18)6-4-10-9(16)11-7(6)13/h1,4-5,12H,3H2,(H,14,15)(H2,10,11,13,16). The second-order valence-electron chi connectivity index (χ2n) is 3.36. The summed E-state index contributed by atoms with van der Waals surface area (Å²) in [7, 11) is -4.41. The lowest BCUT2D eigenvalue weighted by molar-refractivity contribution is -0.138. The molecule has 0 aliphatic heterocycles. The molecule has 4 N–H and O–H groups in total. The molecule has 102 valence electrons. The molecule has 0 aliphatic rings. The van der Waals surface area contributed by atoms with Crippen LogP contribution in [0.25, 0.3) is 0 Å². The van der Waals surface area contributed by atoms with Gasteiger partial charge in [-0.3, -0.25) is 14.6 Å². The van der Waals surface area contributed by atoms with Gasteiger partial charge in [-0.1, -0.05) is 0 Å². The summed E-state index contributed by atoms with van der Waals surface area (Å²) in [5, 5.41) is 8.76. The molecule has 1 heterocycles. The number of hydrogen-bond donors (Lipinski definition) is 4. The van der Waals surface area contributed by atoms with E-state index < -0.39 is 44.6 Å². The van der Waals surface area contributed by atoms with E-state index in [-0.39, 0.29) is 0 Å². The third-order valence-corrected chi connectivity index (χ3v) is 3.47. The maximum absolute atomic E-state index is 11.8. The highest BCUT2D eigenvalue weighted by Gasteiger charge is 2.26. The van der Waals surface area contributed by atoms with Crippen molar-refractivity contribution < 1.29 is 18.3 Å². The third-order valence-electron chi connectivity index (χ3n) is 1.99. The van der Waals surface area contributed by atoms with Crippen molar-refractivity contribution in [1.29, 1.82) is 0 Å². The number of hydrogen-bond acceptors (Lipinski definition) is 5. The van der Waals surface area contributed by atoms with E-state index in [4.69, 9.17) is 11.5 Å². The molecular weight excluding hydrogens is 278 g/mol. The smallest absolute Gasteiger partial charge is 0.325 e. The average molecular weight is 287 g/mol. The fourth-order valence-corrected chi connectivity index (χ4v) is 2.34. The van der Waals surface area contributed by atoms with Gasteiger partial charge in [0.1, 0.15) is 6.04 Å². The summed E-state index contributed by atoms with van der Waals surface area (Å²) in [5.74, 6) is 0.511. The normalized spacial score (nSPS) is 12.6. The quantitative estimate of drug-likeness (QED) is 0.452. The van der Waals surface area contributed by atoms with Crippen LogP contribution in [0.1, 0.15) is 6.42 Å². The number of carboxylic acid groups (broad SMARTS) is 1. The average Bonchev–Trinajstić information content (AvgIpc) is 2.27. The van der Waals surface area contributed by atoms with E-state index in [9.17, 15) is 22.8 Å². The van der Waals surface area contributed by atoms with Crippen LogP contribution in [-0.4, -0.2) is 35.5 Å². The zero-order chi connectivity index (χ0) is 14.6. The van der Waals surface area contributed by atoms with E-state index >= 15 is 0 Å². The fraction of sp³-hybridized carbons (Fsp3) is 0.222. The number of rotatable bonds is 5. The van der Waals surface area contributed by atoms with Crippen molar-refractivity contribution in [2.45, 2.75) is 17.4 Å². The Morgan fingerprint density at radius 1 is 1.53 bits per heavy atom. The van der Waals surface area contributed by atoms with Crippen molar-refractivity contribution in [1.82, 2.24) is 14.7 Å². The molecule has 0 fully saturated rings. The third kappa shape index (κ3) is 3.54. The van der Waals surface area contributed by atoms with Crippen LogP contribution < -0.4 is 16.0 Å². The van der Waals surface area contributed by atoms with Crippen LogP contribution in [0.2, 0.25) is 0 Å². The van der Waals surface area contributed by atoms with Gasteiger partial charge in [-0.2, -0.15) is 4.72 Å². The second kappa shape index (κ2) is 5.51. The van der Waals surface area contributed by atoms with Gasteiger partial charge >= 0.3 is 11.7 Å². The number of carboxylic acids is 1. The Balaban J connectivity index is 3.18. The highest BCUT2D eigenvalue weighted by molar-refractivity contribution is 7.89. The molecule has 1 rings (SSSR count). The number of nitrogens with one attached hydrogen (secondary N) is 3. The molecule has 1 unspecified atom stereocenters. The molecule has 1 aromatic rings. The number of carbonyl (C=O) groups is 1. The lowest BCUT2D eigenvalue weighted by Crippen LogP contribution is -2.42. The largest absolute Gasteiger partial charge is 0.480 e. The van der Waals surface area contributed by atoms with Crippen molar-refractivity contribution in [2.75, 3.05) is 0 Å². The molecule has 0 bridgehead atoms. The molecular formula is C9H9N3O6S. The Morgan fingerprint density at radius 2 is 2.16 bits per heavy atom. The first-order valence-electron chi connectivity index (χ1n) is 4.78. The second-order valence-corrected chi connectivity index (χ2v) is 5.04. The number of aromatic amines is 2. The van der Waals surface area contributed by atoms with Crippen LogP contribution >= 0.6 is 0 Å². The molecule has 0 amide bonds. The van der Waals surface area contributed by atoms with Crippen LogP contribution in [0.15, 0.2) is 20.7 Å². The van der Waals surface area contributed by atoms with Gasteiger partial charge in [0, 0.05) is 12.6 Å². The molecule has 0 spiro atoms. The zero-order valence-electron chi connectivity index (χ0n) is 9.34. The minimum Gasteiger partial charge on any atom is -0.480 e. The van der Waals surface area contributed by atoms with Crippen molar-refractivity contribution in [3.63, 3.8) is 0 Å². The molecule has 10 heteroatoms. The van der Waals surface area contributed by atoms with Gasteiger partial charge in [-0.15, -0.1) is 12.3 Å². The summed E-state index contributed by atoms with van der Waals surface area (Å²) in [6.45, 7) is 0. The first-order chi connectivity index (χ1) is 8.77. The van der Waals surface area contributed by atoms with Crippen LogP contribution in [0.5, 0.6) is 0 Å². The Hall–Kier alpha value is -2.38. The maximum atomic E-state index is 11.8. The summed E-state index contributed by atoms with van der Waals surface area (Å²) >= 11 is 0. The van der Waals surface area contributed by atoms with E-state index in [1.165, 1.54) is 0 Å². The molecule has 0 saturated heterocycles. The van der Waals surface area contributed by atoms with Gasteiger partial charge in [0.05, 0.1) is 0 Å². The van der Waals surface area contributed by atoms with Crippen LogP contribution in [0.3, 0.4) is 0 Å². The van der Waals surface area contributed by atoms with Crippen LogP contribution in [0.4, 0.5) is 0 Å². The molecule has 1 aromatic heterocycles. The Labute approximate surface area is 106 Å². The zero-order valence-corrected chi connectivity index (χ0v) is 10.2. The topological polar surface area (TPSA) is 149 Å². The number of sulfonamides is 1. The van der Waals surface area contributed by atoms with Crippen molar-refractivity contribution in [3.05, 3.63) is 27.0 Å². The number of H-pyrrole nitrogens is 2. The Bertz CT molecular complexity index is 738. The maximum Gasteiger partial charge on any atom is 0.325 e. The van der Waals surface area contributed by atoms with Gasteiger partial charge in [0.15, 0.2) is 4.90 Å². The highest BCUT2D eigenvalue weighted by atomic mass is 32.2. The van der Waals surface area contributed by atoms with E-state index in [1.54, 1.807) is 9.71 Å². The molecule has 0 aromatic carbocycles. The molecule has 1 atom stereocenters. The van der Waals surface area contributed by atoms with Crippen LogP contribution in [-0.2, 0) is 14.8 Å². The van der Waals surface area contributed by atoms with Crippen molar-refractivity contribution in [3.8, 4) is 12.3 Å². The highest BCUT2D eigenvalue weighted by Crippen LogP contribution is 2.02. The van der Waals surface area contributed by atoms with E-state index in [2.05, 4.69) is 0 Å². The summed E-state index contributed by atoms with van der Waals surface area (Å²) in [5.41, 5.74) is -2.05. The minimum absolute atomic E-state index is 0.393. The summed E-state index contributed by atoms with van der Waals surface area (Å²) in [6.07, 6.45) is 5.18. The van der Waals surface area contributed by atoms with Crippen LogP contribution in [0, 0.1) is 12.3 Å². The van der Waals surface area contributed by atoms with Crippen molar-refractivity contribution in [2.24, 2.45) is 0 Å². The fourth-order valence-electron chi connectivity index (χ4n) is 1.15. The van der Waals surface area contributed by atoms with Gasteiger partial charge in [-0.25, -0.2) is 13.2 Å². The van der Waals surface area contributed by atoms with E-state index in [1.807, 2.05) is 10.9 Å². The predicted octanol–water partition coefficient (Wildman–Crippen LogP) is -2.18. The minimum atomic E-state index is -4.41. The first kappa shape index (κ1) is 14.7. The summed E-state index contributed by atoms with van der Waals surface area (Å²) in [6, 6.07) is -1.57. The van der Waals surface area contributed by atoms with Gasteiger partial charge < -0.3 is 10.1 Å². The Kier molecular flexibility index (Phi) is 4.26. The van der Waals surface area contributed by atoms with E-state index in [0.29, 0.717) is 6.20 Å². The number of terminal acetylenes is 1. The monoisotopic (exact) mass is 287 g/mol. The van der Waals surface area contributed by atoms with E-state index in [0.717, 1.165) is 0 Å². The predicted molar refractivity (Wildman–Crippen MR) is 62.9 cm³/mol. The number of aliphatic carboxylic acids is 1. The summed E-state index contributed by atoms with van der Waals surface area (Å²) < 4.78 is 25.3. The van der Waals surface area contributed by atoms with Gasteiger partial charge in [0.25, 0.3) is 5.56 Å². The molecule has 0 saturated carbocycles. The van der Waals surface area contributed by atoms with Gasteiger partial charge in [0.2, 0.25) is 10.0 Å². The molecule has 0 radical (unpaired) electrons. The summed E-state index contributed by atoms with van der Waals surface area (Å²) in [4.78, 5) is 35.7. The van der Waals surface area contributed by atoms with Crippen molar-refractivity contribution >= 4 is 16.0 Å². The lowest BCUT2D eigenvalue weighted by atomic mass is 10.2. The molecule has 19 heavy (non-hydrogen) atoms. The molecule has 0 aliphatic carbocycles. The molecule has 9 nitrogen and oxygen atoms in total. The first-order valence-corrected chi connectivity index (χ1v) is 6.27. The SMILES string of the molecule is C#CCC(NS(=O)(=O)c1c[nH]c(=O)[nH]c1=O)C(=O)O. The number of aromatic nitrogens is 2. The Morgan fingerprint density at radius 3 is 2.63 bits per heavy atom. The van der Waals surface area contributed by atoms with Gasteiger partial charge in [-0.05, 0) is 0 Å².